The Kier molecular flexibility index (Phi) is 5.18. The van der Waals surface area contributed by atoms with Crippen LogP contribution in [-0.4, -0.2) is 41.3 Å². The molecule has 5 heteroatoms. The van der Waals surface area contributed by atoms with Crippen LogP contribution in [0.3, 0.4) is 0 Å². The quantitative estimate of drug-likeness (QED) is 0.888. The number of carbonyl (C=O) groups is 2. The highest BCUT2D eigenvalue weighted by Gasteiger charge is 2.45. The maximum Gasteiger partial charge on any atom is 0.239 e. The summed E-state index contributed by atoms with van der Waals surface area (Å²) in [6, 6.07) is 16.9. The van der Waals surface area contributed by atoms with Gasteiger partial charge in [-0.05, 0) is 43.4 Å². The monoisotopic (exact) mass is 378 g/mol. The lowest BCUT2D eigenvalue weighted by Crippen LogP contribution is -2.58. The number of likely N-dealkylation sites (tertiary alicyclic amines) is 1. The SMILES string of the molecule is N[C@H](CCc1ccccc1)C(=O)N1CCCC2(CC(=O)c3ccccc3O2)C1. The molecule has 2 atom stereocenters. The van der Waals surface area contributed by atoms with Crippen molar-refractivity contribution in [3.8, 4) is 5.75 Å². The second-order valence-corrected chi connectivity index (χ2v) is 7.88. The molecular weight excluding hydrogens is 352 g/mol. The van der Waals surface area contributed by atoms with Crippen molar-refractivity contribution in [2.75, 3.05) is 13.1 Å². The second-order valence-electron chi connectivity index (χ2n) is 7.88. The summed E-state index contributed by atoms with van der Waals surface area (Å²) in [5.41, 5.74) is 7.41. The number of amides is 1. The minimum Gasteiger partial charge on any atom is -0.484 e. The zero-order valence-corrected chi connectivity index (χ0v) is 16.0. The molecule has 2 N–H and O–H groups in total. The Morgan fingerprint density at radius 2 is 1.89 bits per heavy atom. The van der Waals surface area contributed by atoms with Gasteiger partial charge in [0.2, 0.25) is 5.91 Å². The molecule has 2 aromatic carbocycles. The Labute approximate surface area is 165 Å². The van der Waals surface area contributed by atoms with Crippen LogP contribution in [0.25, 0.3) is 0 Å². The van der Waals surface area contributed by atoms with E-state index in [-0.39, 0.29) is 11.7 Å². The van der Waals surface area contributed by atoms with E-state index < -0.39 is 11.6 Å². The van der Waals surface area contributed by atoms with E-state index in [1.54, 1.807) is 11.0 Å². The van der Waals surface area contributed by atoms with Crippen molar-refractivity contribution in [3.05, 3.63) is 65.7 Å². The molecule has 1 unspecified atom stereocenters. The second kappa shape index (κ2) is 7.76. The minimum atomic E-state index is -0.626. The van der Waals surface area contributed by atoms with Crippen molar-refractivity contribution < 1.29 is 14.3 Å². The number of hydrogen-bond donors (Lipinski definition) is 1. The average Bonchev–Trinajstić information content (AvgIpc) is 2.72. The number of hydrogen-bond acceptors (Lipinski definition) is 4. The largest absolute Gasteiger partial charge is 0.484 e. The highest BCUT2D eigenvalue weighted by molar-refractivity contribution is 6.00. The number of ether oxygens (including phenoxy) is 1. The minimum absolute atomic E-state index is 0.0510. The molecule has 2 heterocycles. The van der Waals surface area contributed by atoms with Crippen molar-refractivity contribution in [2.45, 2.75) is 43.7 Å². The third-order valence-electron chi connectivity index (χ3n) is 5.75. The van der Waals surface area contributed by atoms with E-state index in [1.165, 1.54) is 5.56 Å². The molecule has 28 heavy (non-hydrogen) atoms. The molecule has 2 aliphatic heterocycles. The van der Waals surface area contributed by atoms with E-state index in [2.05, 4.69) is 0 Å². The van der Waals surface area contributed by atoms with E-state index in [9.17, 15) is 9.59 Å². The van der Waals surface area contributed by atoms with Crippen LogP contribution in [-0.2, 0) is 11.2 Å². The topological polar surface area (TPSA) is 72.6 Å². The first-order chi connectivity index (χ1) is 13.6. The molecule has 1 fully saturated rings. The summed E-state index contributed by atoms with van der Waals surface area (Å²) in [5, 5.41) is 0. The summed E-state index contributed by atoms with van der Waals surface area (Å²) < 4.78 is 6.26. The van der Waals surface area contributed by atoms with Crippen LogP contribution in [0.5, 0.6) is 5.75 Å². The molecule has 2 aromatic rings. The third kappa shape index (κ3) is 3.80. The maximum atomic E-state index is 12.9. The Hall–Kier alpha value is -2.66. The number of aryl methyl sites for hydroxylation is 1. The molecule has 0 radical (unpaired) electrons. The summed E-state index contributed by atoms with van der Waals surface area (Å²) in [5.74, 6) is 0.663. The number of fused-ring (bicyclic) bond motifs is 1. The van der Waals surface area contributed by atoms with Crippen molar-refractivity contribution in [1.82, 2.24) is 4.90 Å². The summed E-state index contributed by atoms with van der Waals surface area (Å²) in [6.07, 6.45) is 3.28. The third-order valence-corrected chi connectivity index (χ3v) is 5.75. The van der Waals surface area contributed by atoms with Crippen LogP contribution in [0.15, 0.2) is 54.6 Å². The maximum absolute atomic E-state index is 12.9. The summed E-state index contributed by atoms with van der Waals surface area (Å²) in [6.45, 7) is 1.09. The van der Waals surface area contributed by atoms with Crippen LogP contribution in [0.1, 0.15) is 41.6 Å². The van der Waals surface area contributed by atoms with Gasteiger partial charge < -0.3 is 15.4 Å². The van der Waals surface area contributed by atoms with Gasteiger partial charge >= 0.3 is 0 Å². The fourth-order valence-electron chi connectivity index (χ4n) is 4.28. The Bertz CT molecular complexity index is 867. The molecule has 4 rings (SSSR count). The fraction of sp³-hybridized carbons (Fsp3) is 0.391. The van der Waals surface area contributed by atoms with Gasteiger partial charge in [0, 0.05) is 6.54 Å². The molecular formula is C23H26N2O3. The van der Waals surface area contributed by atoms with Gasteiger partial charge in [-0.25, -0.2) is 0 Å². The predicted molar refractivity (Wildman–Crippen MR) is 107 cm³/mol. The molecule has 0 aromatic heterocycles. The number of rotatable bonds is 4. The van der Waals surface area contributed by atoms with Crippen LogP contribution in [0, 0.1) is 0 Å². The lowest BCUT2D eigenvalue weighted by Gasteiger charge is -2.45. The lowest BCUT2D eigenvalue weighted by atomic mass is 9.83. The van der Waals surface area contributed by atoms with Gasteiger partial charge in [-0.2, -0.15) is 0 Å². The molecule has 0 aliphatic carbocycles. The molecule has 0 bridgehead atoms. The van der Waals surface area contributed by atoms with E-state index in [4.69, 9.17) is 10.5 Å². The summed E-state index contributed by atoms with van der Waals surface area (Å²) in [7, 11) is 0. The zero-order chi connectivity index (χ0) is 19.6. The van der Waals surface area contributed by atoms with Gasteiger partial charge in [0.25, 0.3) is 0 Å². The van der Waals surface area contributed by atoms with Crippen molar-refractivity contribution in [3.63, 3.8) is 0 Å². The fourth-order valence-corrected chi connectivity index (χ4v) is 4.28. The first-order valence-corrected chi connectivity index (χ1v) is 9.96. The van der Waals surface area contributed by atoms with Crippen LogP contribution in [0.2, 0.25) is 0 Å². The van der Waals surface area contributed by atoms with E-state index in [1.807, 2.05) is 48.5 Å². The number of nitrogens with zero attached hydrogens (tertiary/aromatic N) is 1. The average molecular weight is 378 g/mol. The molecule has 146 valence electrons. The number of nitrogens with two attached hydrogens (primary N) is 1. The lowest BCUT2D eigenvalue weighted by molar-refractivity contribution is -0.138. The first-order valence-electron chi connectivity index (χ1n) is 9.96. The number of carbonyl (C=O) groups excluding carboxylic acids is 2. The Morgan fingerprint density at radius 1 is 1.14 bits per heavy atom. The van der Waals surface area contributed by atoms with Gasteiger partial charge in [0.15, 0.2) is 5.78 Å². The van der Waals surface area contributed by atoms with Gasteiger partial charge in [-0.3, -0.25) is 9.59 Å². The normalized spacial score (nSPS) is 22.5. The molecule has 2 aliphatic rings. The predicted octanol–water partition coefficient (Wildman–Crippen LogP) is 2.97. The summed E-state index contributed by atoms with van der Waals surface area (Å²) >= 11 is 0. The number of ketones is 1. The molecule has 5 nitrogen and oxygen atoms in total. The molecule has 1 spiro atoms. The van der Waals surface area contributed by atoms with Crippen LogP contribution >= 0.6 is 0 Å². The molecule has 1 amide bonds. The van der Waals surface area contributed by atoms with E-state index in [0.717, 1.165) is 19.3 Å². The highest BCUT2D eigenvalue weighted by Crippen LogP contribution is 2.38. The molecule has 1 saturated heterocycles. The van der Waals surface area contributed by atoms with Crippen molar-refractivity contribution in [1.29, 1.82) is 0 Å². The van der Waals surface area contributed by atoms with E-state index >= 15 is 0 Å². The standard InChI is InChI=1S/C23H26N2O3/c24-19(12-11-17-7-2-1-3-8-17)22(27)25-14-6-13-23(16-25)15-20(26)18-9-4-5-10-21(18)28-23/h1-5,7-10,19H,6,11-16,24H2/t19-,23?/m1/s1. The number of benzene rings is 2. The van der Waals surface area contributed by atoms with Gasteiger partial charge in [0.05, 0.1) is 24.6 Å². The number of piperidine rings is 1. The zero-order valence-electron chi connectivity index (χ0n) is 16.0. The highest BCUT2D eigenvalue weighted by atomic mass is 16.5. The molecule has 0 saturated carbocycles. The van der Waals surface area contributed by atoms with Gasteiger partial charge in [0.1, 0.15) is 11.4 Å². The Morgan fingerprint density at radius 3 is 2.71 bits per heavy atom. The van der Waals surface area contributed by atoms with Crippen LogP contribution < -0.4 is 10.5 Å². The van der Waals surface area contributed by atoms with Gasteiger partial charge in [-0.1, -0.05) is 42.5 Å². The van der Waals surface area contributed by atoms with Crippen molar-refractivity contribution >= 4 is 11.7 Å². The van der Waals surface area contributed by atoms with Gasteiger partial charge in [-0.15, -0.1) is 0 Å². The smallest absolute Gasteiger partial charge is 0.239 e. The van der Waals surface area contributed by atoms with Crippen LogP contribution in [0.4, 0.5) is 0 Å². The first kappa shape index (κ1) is 18.7. The Balaban J connectivity index is 1.42. The number of para-hydroxylation sites is 1. The van der Waals surface area contributed by atoms with E-state index in [0.29, 0.717) is 37.2 Å². The number of Topliss-reactive ketones (excluding diaryl/α,β-unsaturated/α-hetero) is 1. The van der Waals surface area contributed by atoms with Crippen molar-refractivity contribution in [2.24, 2.45) is 5.73 Å². The summed E-state index contributed by atoms with van der Waals surface area (Å²) in [4.78, 5) is 27.3.